The largest absolute Gasteiger partial charge is 0.462 e. The van der Waals surface area contributed by atoms with Crippen LogP contribution in [0.2, 0.25) is 0 Å². The van der Waals surface area contributed by atoms with Crippen LogP contribution in [0.3, 0.4) is 0 Å². The Morgan fingerprint density at radius 3 is 2.71 bits per heavy atom. The van der Waals surface area contributed by atoms with E-state index in [1.54, 1.807) is 40.0 Å². The Balaban J connectivity index is 1.84. The van der Waals surface area contributed by atoms with Crippen molar-refractivity contribution in [3.8, 4) is 17.5 Å². The molecule has 0 saturated carbocycles. The minimum atomic E-state index is -0.540. The van der Waals surface area contributed by atoms with Crippen LogP contribution in [-0.2, 0) is 4.74 Å². The number of pyridine rings is 1. The molecule has 2 aromatic heterocycles. The highest BCUT2D eigenvalue weighted by molar-refractivity contribution is 9.10. The third-order valence-electron chi connectivity index (χ3n) is 2.67. The molecule has 2 heterocycles. The van der Waals surface area contributed by atoms with E-state index in [0.717, 1.165) is 4.47 Å². The molecule has 24 heavy (non-hydrogen) atoms. The standard InChI is InChI=1S/C16H20BrN3O4/c1-10(20-15(21)24-16(2,3)4)9-22-13-8-19-14(23-13)12-6-5-11(17)7-18-12/h5-8,10H,9H2,1-4H3,(H,20,21)/t10-/m0/s1. The third kappa shape index (κ3) is 5.84. The van der Waals surface area contributed by atoms with Crippen LogP contribution in [0.25, 0.3) is 11.6 Å². The van der Waals surface area contributed by atoms with Gasteiger partial charge in [0.1, 0.15) is 24.1 Å². The number of nitrogens with zero attached hydrogens (tertiary/aromatic N) is 2. The van der Waals surface area contributed by atoms with Gasteiger partial charge in [0.25, 0.3) is 0 Å². The molecule has 0 aliphatic rings. The van der Waals surface area contributed by atoms with Gasteiger partial charge in [-0.15, -0.1) is 0 Å². The number of oxazole rings is 1. The van der Waals surface area contributed by atoms with Crippen molar-refractivity contribution in [3.05, 3.63) is 29.0 Å². The molecule has 0 saturated heterocycles. The first kappa shape index (κ1) is 18.3. The molecule has 0 aliphatic heterocycles. The van der Waals surface area contributed by atoms with E-state index in [2.05, 4.69) is 31.2 Å². The van der Waals surface area contributed by atoms with Gasteiger partial charge in [-0.05, 0) is 55.8 Å². The Labute approximate surface area is 148 Å². The maximum atomic E-state index is 11.7. The Morgan fingerprint density at radius 1 is 1.33 bits per heavy atom. The molecule has 0 spiro atoms. The normalized spacial score (nSPS) is 12.5. The van der Waals surface area contributed by atoms with Gasteiger partial charge in [-0.2, -0.15) is 0 Å². The lowest BCUT2D eigenvalue weighted by molar-refractivity contribution is 0.0489. The van der Waals surface area contributed by atoms with Gasteiger partial charge in [-0.1, -0.05) is 0 Å². The Hall–Kier alpha value is -2.09. The molecule has 0 bridgehead atoms. The van der Waals surface area contributed by atoms with Crippen LogP contribution >= 0.6 is 15.9 Å². The molecule has 2 rings (SSSR count). The smallest absolute Gasteiger partial charge is 0.407 e. The predicted molar refractivity (Wildman–Crippen MR) is 91.8 cm³/mol. The van der Waals surface area contributed by atoms with Crippen LogP contribution < -0.4 is 10.1 Å². The van der Waals surface area contributed by atoms with E-state index < -0.39 is 11.7 Å². The van der Waals surface area contributed by atoms with Crippen LogP contribution in [0.15, 0.2) is 33.4 Å². The lowest BCUT2D eigenvalue weighted by Crippen LogP contribution is -2.40. The minimum absolute atomic E-state index is 0.224. The number of amides is 1. The first-order chi connectivity index (χ1) is 11.2. The highest BCUT2D eigenvalue weighted by Gasteiger charge is 2.18. The van der Waals surface area contributed by atoms with Crippen LogP contribution in [-0.4, -0.2) is 34.3 Å². The molecule has 1 N–H and O–H groups in total. The van der Waals surface area contributed by atoms with E-state index in [1.165, 1.54) is 6.20 Å². The van der Waals surface area contributed by atoms with E-state index in [1.807, 2.05) is 6.07 Å². The summed E-state index contributed by atoms with van der Waals surface area (Å²) in [6.45, 7) is 7.44. The summed E-state index contributed by atoms with van der Waals surface area (Å²) in [5.41, 5.74) is 0.0651. The fourth-order valence-corrected chi connectivity index (χ4v) is 1.94. The summed E-state index contributed by atoms with van der Waals surface area (Å²) in [7, 11) is 0. The van der Waals surface area contributed by atoms with Crippen molar-refractivity contribution < 1.29 is 18.7 Å². The van der Waals surface area contributed by atoms with Gasteiger partial charge in [0.15, 0.2) is 0 Å². The van der Waals surface area contributed by atoms with Gasteiger partial charge in [-0.25, -0.2) is 14.8 Å². The molecular weight excluding hydrogens is 378 g/mol. The van der Waals surface area contributed by atoms with Crippen LogP contribution in [0.4, 0.5) is 4.79 Å². The second-order valence-corrected chi connectivity index (χ2v) is 7.12. The van der Waals surface area contributed by atoms with Crippen molar-refractivity contribution in [1.29, 1.82) is 0 Å². The molecule has 130 valence electrons. The first-order valence-electron chi connectivity index (χ1n) is 7.43. The number of ether oxygens (including phenoxy) is 2. The number of nitrogens with one attached hydrogen (secondary N) is 1. The number of halogens is 1. The van der Waals surface area contributed by atoms with Crippen molar-refractivity contribution in [1.82, 2.24) is 15.3 Å². The van der Waals surface area contributed by atoms with E-state index in [9.17, 15) is 4.79 Å². The molecule has 1 atom stereocenters. The maximum absolute atomic E-state index is 11.7. The quantitative estimate of drug-likeness (QED) is 0.825. The number of hydrogen-bond donors (Lipinski definition) is 1. The van der Waals surface area contributed by atoms with Crippen molar-refractivity contribution in [2.45, 2.75) is 39.3 Å². The van der Waals surface area contributed by atoms with Crippen molar-refractivity contribution >= 4 is 22.0 Å². The molecule has 0 radical (unpaired) electrons. The van der Waals surface area contributed by atoms with Crippen molar-refractivity contribution in [2.24, 2.45) is 0 Å². The van der Waals surface area contributed by atoms with Gasteiger partial charge in [0.05, 0.1) is 6.04 Å². The number of rotatable bonds is 5. The second-order valence-electron chi connectivity index (χ2n) is 6.20. The number of carbonyl (C=O) groups is 1. The number of aromatic nitrogens is 2. The Morgan fingerprint density at radius 2 is 2.08 bits per heavy atom. The van der Waals surface area contributed by atoms with Gasteiger partial charge >= 0.3 is 12.0 Å². The monoisotopic (exact) mass is 397 g/mol. The fraction of sp³-hybridized carbons (Fsp3) is 0.438. The third-order valence-corrected chi connectivity index (χ3v) is 3.14. The maximum Gasteiger partial charge on any atom is 0.407 e. The molecular formula is C16H20BrN3O4. The SMILES string of the molecule is C[C@@H](COc1cnc(-c2ccc(Br)cn2)o1)NC(=O)OC(C)(C)C. The average molecular weight is 398 g/mol. The zero-order valence-electron chi connectivity index (χ0n) is 14.0. The zero-order chi connectivity index (χ0) is 17.7. The summed E-state index contributed by atoms with van der Waals surface area (Å²) in [5.74, 6) is 0.623. The molecule has 8 heteroatoms. The topological polar surface area (TPSA) is 86.5 Å². The van der Waals surface area contributed by atoms with Crippen LogP contribution in [0, 0.1) is 0 Å². The molecule has 7 nitrogen and oxygen atoms in total. The Bertz CT molecular complexity index is 679. The zero-order valence-corrected chi connectivity index (χ0v) is 15.6. The highest BCUT2D eigenvalue weighted by Crippen LogP contribution is 2.22. The summed E-state index contributed by atoms with van der Waals surface area (Å²) >= 11 is 3.32. The second kappa shape index (κ2) is 7.65. The molecule has 2 aromatic rings. The van der Waals surface area contributed by atoms with E-state index in [-0.39, 0.29) is 18.6 Å². The lowest BCUT2D eigenvalue weighted by Gasteiger charge is -2.21. The summed E-state index contributed by atoms with van der Waals surface area (Å²) in [6, 6.07) is 3.38. The summed E-state index contributed by atoms with van der Waals surface area (Å²) in [5, 5.41) is 2.69. The van der Waals surface area contributed by atoms with Crippen molar-refractivity contribution in [2.75, 3.05) is 6.61 Å². The molecule has 0 aliphatic carbocycles. The minimum Gasteiger partial charge on any atom is -0.462 e. The molecule has 0 fully saturated rings. The van der Waals surface area contributed by atoms with E-state index >= 15 is 0 Å². The molecule has 1 amide bonds. The predicted octanol–water partition coefficient (Wildman–Crippen LogP) is 3.79. The summed E-state index contributed by atoms with van der Waals surface area (Å²) in [6.07, 6.45) is 2.64. The van der Waals surface area contributed by atoms with Crippen LogP contribution in [0.1, 0.15) is 27.7 Å². The van der Waals surface area contributed by atoms with Crippen molar-refractivity contribution in [3.63, 3.8) is 0 Å². The molecule has 0 aromatic carbocycles. The van der Waals surface area contributed by atoms with E-state index in [0.29, 0.717) is 11.6 Å². The van der Waals surface area contributed by atoms with Gasteiger partial charge < -0.3 is 19.2 Å². The summed E-state index contributed by atoms with van der Waals surface area (Å²) in [4.78, 5) is 20.0. The number of hydrogen-bond acceptors (Lipinski definition) is 6. The molecule has 0 unspecified atom stereocenters. The van der Waals surface area contributed by atoms with Gasteiger partial charge in [-0.3, -0.25) is 0 Å². The van der Waals surface area contributed by atoms with Gasteiger partial charge in [0.2, 0.25) is 5.89 Å². The van der Waals surface area contributed by atoms with E-state index in [4.69, 9.17) is 13.9 Å². The Kier molecular flexibility index (Phi) is 5.82. The highest BCUT2D eigenvalue weighted by atomic mass is 79.9. The number of alkyl carbamates (subject to hydrolysis) is 1. The van der Waals surface area contributed by atoms with Crippen LogP contribution in [0.5, 0.6) is 5.95 Å². The average Bonchev–Trinajstić information content (AvgIpc) is 2.92. The first-order valence-corrected chi connectivity index (χ1v) is 8.22. The lowest BCUT2D eigenvalue weighted by atomic mass is 10.2. The number of carbonyl (C=O) groups excluding carboxylic acids is 1. The van der Waals surface area contributed by atoms with Gasteiger partial charge in [0, 0.05) is 10.7 Å². The fourth-order valence-electron chi connectivity index (χ4n) is 1.70. The summed E-state index contributed by atoms with van der Waals surface area (Å²) < 4.78 is 17.0.